The van der Waals surface area contributed by atoms with Gasteiger partial charge in [0.25, 0.3) is 0 Å². The molecule has 43 heavy (non-hydrogen) atoms. The third-order valence-electron chi connectivity index (χ3n) is 8.25. The van der Waals surface area contributed by atoms with Gasteiger partial charge in [-0.15, -0.1) is 15.1 Å². The summed E-state index contributed by atoms with van der Waals surface area (Å²) in [6.45, 7) is 4.15. The van der Waals surface area contributed by atoms with Crippen molar-refractivity contribution in [2.45, 2.75) is 44.2 Å². The lowest BCUT2D eigenvalue weighted by molar-refractivity contribution is -0.144. The van der Waals surface area contributed by atoms with E-state index in [1.165, 1.54) is 43.4 Å². The molecule has 1 fully saturated rings. The van der Waals surface area contributed by atoms with Gasteiger partial charge in [-0.05, 0) is 60.4 Å². The first kappa shape index (κ1) is 28.1. The van der Waals surface area contributed by atoms with Crippen molar-refractivity contribution in [3.05, 3.63) is 146 Å². The maximum Gasteiger partial charge on any atom is 0.163 e. The Labute approximate surface area is 257 Å². The van der Waals surface area contributed by atoms with E-state index in [2.05, 4.69) is 159 Å². The van der Waals surface area contributed by atoms with Crippen LogP contribution in [0.3, 0.4) is 0 Å². The van der Waals surface area contributed by atoms with Crippen molar-refractivity contribution in [3.63, 3.8) is 0 Å². The predicted octanol–water partition coefficient (Wildman–Crippen LogP) is 11.5. The van der Waals surface area contributed by atoms with Crippen molar-refractivity contribution < 1.29 is 9.47 Å². The van der Waals surface area contributed by atoms with Crippen LogP contribution in [0.1, 0.15) is 13.8 Å². The second kappa shape index (κ2) is 12.2. The molecule has 2 atom stereocenters. The quantitative estimate of drug-likeness (QED) is 0.174. The fourth-order valence-electron chi connectivity index (χ4n) is 6.35. The maximum atomic E-state index is 6.79. The topological polar surface area (TPSA) is 18.5 Å². The van der Waals surface area contributed by atoms with Gasteiger partial charge in [-0.2, -0.15) is 0 Å². The summed E-state index contributed by atoms with van der Waals surface area (Å²) < 4.78 is 13.6. The molecule has 0 amide bonds. The van der Waals surface area contributed by atoms with Gasteiger partial charge < -0.3 is 9.47 Å². The van der Waals surface area contributed by atoms with Crippen LogP contribution < -0.4 is 0 Å². The molecular weight excluding hydrogens is 562 g/mol. The van der Waals surface area contributed by atoms with Crippen LogP contribution in [-0.2, 0) is 21.8 Å². The molecule has 0 saturated carbocycles. The Morgan fingerprint density at radius 3 is 0.930 bits per heavy atom. The normalized spacial score (nSPS) is 17.7. The number of hydrogen-bond acceptors (Lipinski definition) is 2. The Morgan fingerprint density at radius 1 is 0.419 bits per heavy atom. The van der Waals surface area contributed by atoms with Crippen molar-refractivity contribution in [1.29, 1.82) is 0 Å². The van der Waals surface area contributed by atoms with E-state index in [1.807, 2.05) is 0 Å². The molecule has 7 rings (SSSR count). The van der Waals surface area contributed by atoms with Crippen molar-refractivity contribution in [2.24, 2.45) is 0 Å². The molecule has 0 spiro atoms. The zero-order chi connectivity index (χ0) is 29.2. The number of benzene rings is 4. The molecule has 0 N–H and O–H groups in total. The summed E-state index contributed by atoms with van der Waals surface area (Å²) in [5.41, 5.74) is 5.20. The van der Waals surface area contributed by atoms with Crippen LogP contribution >= 0.6 is 15.1 Å². The van der Waals surface area contributed by atoms with Crippen LogP contribution in [0.2, 0.25) is 0 Å². The van der Waals surface area contributed by atoms with E-state index in [0.717, 1.165) is 12.3 Å². The summed E-state index contributed by atoms with van der Waals surface area (Å²) in [5.74, 6) is -0.625. The SMILES string of the molecule is CC1(C)O[C@@H](Cp2c(-c3ccccc3)ccc2-c2ccccc2)[C@H](Cp2c(-c3ccccc3)ccc2-c2ccccc2)O1. The van der Waals surface area contributed by atoms with E-state index in [9.17, 15) is 0 Å². The Hall–Kier alpha value is -3.64. The van der Waals surface area contributed by atoms with Crippen LogP contribution in [0, 0.1) is 0 Å². The lowest BCUT2D eigenvalue weighted by atomic mass is 10.2. The molecule has 1 aliphatic heterocycles. The van der Waals surface area contributed by atoms with Gasteiger partial charge in [0.05, 0.1) is 12.2 Å². The number of ether oxygens (including phenoxy) is 2. The van der Waals surface area contributed by atoms with Gasteiger partial charge in [-0.1, -0.05) is 121 Å². The molecule has 0 radical (unpaired) electrons. The average Bonchev–Trinajstić information content (AvgIpc) is 3.74. The summed E-state index contributed by atoms with van der Waals surface area (Å²) in [4.78, 5) is 0. The van der Waals surface area contributed by atoms with Crippen LogP contribution in [-0.4, -0.2) is 18.0 Å². The largest absolute Gasteiger partial charge is 0.344 e. The molecule has 0 unspecified atom stereocenters. The van der Waals surface area contributed by atoms with Gasteiger partial charge in [-0.25, -0.2) is 0 Å². The van der Waals surface area contributed by atoms with Crippen LogP contribution in [0.15, 0.2) is 146 Å². The van der Waals surface area contributed by atoms with Gasteiger partial charge in [0.2, 0.25) is 0 Å². The first-order valence-corrected chi connectivity index (χ1v) is 18.1. The summed E-state index contributed by atoms with van der Waals surface area (Å²) >= 11 is 0. The molecular formula is C39H36O2P2. The summed E-state index contributed by atoms with van der Waals surface area (Å²) in [5, 5.41) is 5.68. The highest BCUT2D eigenvalue weighted by Gasteiger charge is 2.42. The maximum absolute atomic E-state index is 6.79. The van der Waals surface area contributed by atoms with E-state index in [0.29, 0.717) is 0 Å². The first-order valence-electron chi connectivity index (χ1n) is 15.0. The Balaban J connectivity index is 1.29. The number of rotatable bonds is 8. The minimum absolute atomic E-state index is 0.00409. The Bertz CT molecular complexity index is 1540. The van der Waals surface area contributed by atoms with Crippen molar-refractivity contribution in [1.82, 2.24) is 0 Å². The molecule has 3 heterocycles. The van der Waals surface area contributed by atoms with Gasteiger partial charge in [0, 0.05) is 33.5 Å². The minimum Gasteiger partial charge on any atom is -0.344 e. The van der Waals surface area contributed by atoms with Gasteiger partial charge in [-0.3, -0.25) is 0 Å². The lowest BCUT2D eigenvalue weighted by Crippen LogP contribution is -2.23. The van der Waals surface area contributed by atoms with E-state index in [1.54, 1.807) is 0 Å². The highest BCUT2D eigenvalue weighted by atomic mass is 31.1. The fourth-order valence-corrected chi connectivity index (χ4v) is 11.9. The standard InChI is InChI=1S/C39H36O2P2/c1-39(2)40-33(27-42-35(29-15-7-3-8-16-29)23-24-36(42)30-17-9-4-10-18-30)34(41-39)28-43-37(31-19-11-5-12-20-31)25-26-38(43)32-21-13-6-14-22-32/h3-26,33-34H,27-28H2,1-2H3/t33-,34-/m0/s1. The molecule has 0 aliphatic carbocycles. The van der Waals surface area contributed by atoms with E-state index >= 15 is 0 Å². The second-order valence-corrected chi connectivity index (χ2v) is 16.0. The molecule has 4 heteroatoms. The van der Waals surface area contributed by atoms with E-state index < -0.39 is 20.9 Å². The van der Waals surface area contributed by atoms with Gasteiger partial charge in [0.1, 0.15) is 0 Å². The summed E-state index contributed by atoms with van der Waals surface area (Å²) in [6, 6.07) is 52.8. The molecule has 2 nitrogen and oxygen atoms in total. The molecule has 4 aromatic carbocycles. The van der Waals surface area contributed by atoms with Gasteiger partial charge >= 0.3 is 0 Å². The highest BCUT2D eigenvalue weighted by Crippen LogP contribution is 2.57. The first-order chi connectivity index (χ1) is 21.1. The smallest absolute Gasteiger partial charge is 0.163 e. The third-order valence-corrected chi connectivity index (χ3v) is 13.7. The molecule has 6 aromatic rings. The van der Waals surface area contributed by atoms with Crippen molar-refractivity contribution in [2.75, 3.05) is 0 Å². The highest BCUT2D eigenvalue weighted by molar-refractivity contribution is 7.56. The lowest BCUT2D eigenvalue weighted by Gasteiger charge is -2.21. The third kappa shape index (κ3) is 5.95. The number of hydrogen-bond donors (Lipinski definition) is 0. The van der Waals surface area contributed by atoms with Crippen LogP contribution in [0.4, 0.5) is 0 Å². The Kier molecular flexibility index (Phi) is 7.96. The molecule has 2 aromatic heterocycles. The molecule has 0 bridgehead atoms. The predicted molar refractivity (Wildman–Crippen MR) is 184 cm³/mol. The van der Waals surface area contributed by atoms with Crippen molar-refractivity contribution >= 4 is 15.1 Å². The van der Waals surface area contributed by atoms with Crippen molar-refractivity contribution in [3.8, 4) is 43.4 Å². The average molecular weight is 599 g/mol. The van der Waals surface area contributed by atoms with Crippen LogP contribution in [0.25, 0.3) is 43.4 Å². The van der Waals surface area contributed by atoms with E-state index in [4.69, 9.17) is 9.47 Å². The molecule has 1 aliphatic rings. The Morgan fingerprint density at radius 2 is 0.674 bits per heavy atom. The summed E-state index contributed by atoms with van der Waals surface area (Å²) in [6.07, 6.45) is 1.86. The zero-order valence-corrected chi connectivity index (χ0v) is 26.4. The minimum atomic E-state index is -0.636. The monoisotopic (exact) mass is 598 g/mol. The second-order valence-electron chi connectivity index (χ2n) is 11.6. The zero-order valence-electron chi connectivity index (χ0n) is 24.6. The fraction of sp³-hybridized carbons (Fsp3) is 0.179. The van der Waals surface area contributed by atoms with E-state index in [-0.39, 0.29) is 12.2 Å². The summed E-state index contributed by atoms with van der Waals surface area (Å²) in [7, 11) is -1.27. The molecule has 214 valence electrons. The molecule has 1 saturated heterocycles. The van der Waals surface area contributed by atoms with Crippen LogP contribution in [0.5, 0.6) is 0 Å². The van der Waals surface area contributed by atoms with Gasteiger partial charge in [0.15, 0.2) is 5.79 Å².